The Balaban J connectivity index is 1.61. The largest absolute Gasteiger partial charge is 0.466 e. The third kappa shape index (κ3) is 8.06. The molecule has 0 bridgehead atoms. The first-order chi connectivity index (χ1) is 13.4. The summed E-state index contributed by atoms with van der Waals surface area (Å²) in [6, 6.07) is 15.4. The Morgan fingerprint density at radius 3 is 2.57 bits per heavy atom. The number of ether oxygens (including phenoxy) is 1. The molecule has 2 aromatic carbocycles. The Kier molecular flexibility index (Phi) is 8.91. The van der Waals surface area contributed by atoms with Gasteiger partial charge in [0, 0.05) is 17.1 Å². The Morgan fingerprint density at radius 1 is 1.11 bits per heavy atom. The predicted molar refractivity (Wildman–Crippen MR) is 116 cm³/mol. The van der Waals surface area contributed by atoms with Crippen molar-refractivity contribution in [2.45, 2.75) is 32.6 Å². The molecule has 0 atom stereocenters. The summed E-state index contributed by atoms with van der Waals surface area (Å²) < 4.78 is 5.16. The minimum atomic E-state index is -0.396. The molecular weight excluding hydrogens is 396 g/mol. The van der Waals surface area contributed by atoms with Gasteiger partial charge >= 0.3 is 5.97 Å². The van der Waals surface area contributed by atoms with E-state index in [1.54, 1.807) is 6.07 Å². The van der Waals surface area contributed by atoms with Crippen LogP contribution in [0.5, 0.6) is 0 Å². The number of aryl methyl sites for hydroxylation is 2. The zero-order valence-electron chi connectivity index (χ0n) is 15.7. The van der Waals surface area contributed by atoms with Gasteiger partial charge in [0.25, 0.3) is 0 Å². The van der Waals surface area contributed by atoms with Gasteiger partial charge < -0.3 is 15.4 Å². The van der Waals surface area contributed by atoms with Crippen LogP contribution in [-0.2, 0) is 20.7 Å². The van der Waals surface area contributed by atoms with Gasteiger partial charge in [0.1, 0.15) is 0 Å². The zero-order valence-corrected chi connectivity index (χ0v) is 17.2. The SMILES string of the molecule is Cc1ccc(NC(=S)NC(=O)CCC(=O)OCCCc2ccccc2)cc1Cl. The van der Waals surface area contributed by atoms with E-state index in [4.69, 9.17) is 28.6 Å². The fourth-order valence-electron chi connectivity index (χ4n) is 2.42. The van der Waals surface area contributed by atoms with Crippen molar-refractivity contribution in [3.05, 3.63) is 64.7 Å². The van der Waals surface area contributed by atoms with E-state index in [2.05, 4.69) is 10.6 Å². The van der Waals surface area contributed by atoms with Crippen molar-refractivity contribution in [2.75, 3.05) is 11.9 Å². The lowest BCUT2D eigenvalue weighted by molar-refractivity contribution is -0.145. The number of esters is 1. The highest BCUT2D eigenvalue weighted by molar-refractivity contribution is 7.80. The van der Waals surface area contributed by atoms with Gasteiger partial charge in [0.15, 0.2) is 5.11 Å². The van der Waals surface area contributed by atoms with Crippen LogP contribution in [0.4, 0.5) is 5.69 Å². The third-order valence-corrected chi connectivity index (χ3v) is 4.57. The highest BCUT2D eigenvalue weighted by atomic mass is 35.5. The van der Waals surface area contributed by atoms with Crippen molar-refractivity contribution in [1.82, 2.24) is 5.32 Å². The molecule has 0 saturated carbocycles. The van der Waals surface area contributed by atoms with Gasteiger partial charge in [-0.15, -0.1) is 0 Å². The summed E-state index contributed by atoms with van der Waals surface area (Å²) in [5, 5.41) is 6.18. The summed E-state index contributed by atoms with van der Waals surface area (Å²) in [6.45, 7) is 2.23. The first-order valence-electron chi connectivity index (χ1n) is 9.00. The van der Waals surface area contributed by atoms with Crippen LogP contribution >= 0.6 is 23.8 Å². The summed E-state index contributed by atoms with van der Waals surface area (Å²) in [4.78, 5) is 23.7. The van der Waals surface area contributed by atoms with E-state index >= 15 is 0 Å². The summed E-state index contributed by atoms with van der Waals surface area (Å²) in [7, 11) is 0. The molecule has 5 nitrogen and oxygen atoms in total. The van der Waals surface area contributed by atoms with Crippen molar-refractivity contribution in [3.8, 4) is 0 Å². The molecule has 0 aliphatic carbocycles. The van der Waals surface area contributed by atoms with Gasteiger partial charge in [0.2, 0.25) is 5.91 Å². The van der Waals surface area contributed by atoms with E-state index in [1.807, 2.05) is 49.4 Å². The highest BCUT2D eigenvalue weighted by Gasteiger charge is 2.10. The van der Waals surface area contributed by atoms with E-state index in [9.17, 15) is 9.59 Å². The Morgan fingerprint density at radius 2 is 1.86 bits per heavy atom. The number of nitrogens with one attached hydrogen (secondary N) is 2. The van der Waals surface area contributed by atoms with E-state index < -0.39 is 5.97 Å². The van der Waals surface area contributed by atoms with Crippen LogP contribution in [0.15, 0.2) is 48.5 Å². The molecule has 0 heterocycles. The lowest BCUT2D eigenvalue weighted by Gasteiger charge is -2.10. The molecule has 28 heavy (non-hydrogen) atoms. The zero-order chi connectivity index (χ0) is 20.4. The van der Waals surface area contributed by atoms with Crippen LogP contribution in [0.3, 0.4) is 0 Å². The van der Waals surface area contributed by atoms with Crippen molar-refractivity contribution in [2.24, 2.45) is 0 Å². The maximum Gasteiger partial charge on any atom is 0.306 e. The number of hydrogen-bond acceptors (Lipinski definition) is 4. The van der Waals surface area contributed by atoms with Crippen molar-refractivity contribution in [3.63, 3.8) is 0 Å². The van der Waals surface area contributed by atoms with Gasteiger partial charge in [-0.2, -0.15) is 0 Å². The van der Waals surface area contributed by atoms with Crippen LogP contribution in [0, 0.1) is 6.92 Å². The lowest BCUT2D eigenvalue weighted by atomic mass is 10.1. The first kappa shape index (κ1) is 21.9. The molecule has 0 aliphatic heterocycles. The van der Waals surface area contributed by atoms with E-state index in [0.29, 0.717) is 17.3 Å². The number of carbonyl (C=O) groups excluding carboxylic acids is 2. The second-order valence-corrected chi connectivity index (χ2v) is 7.09. The summed E-state index contributed by atoms with van der Waals surface area (Å²) in [5.74, 6) is -0.746. The predicted octanol–water partition coefficient (Wildman–Crippen LogP) is 4.42. The number of amides is 1. The molecule has 0 unspecified atom stereocenters. The maximum atomic E-state index is 11.9. The highest BCUT2D eigenvalue weighted by Crippen LogP contribution is 2.19. The van der Waals surface area contributed by atoms with Gasteiger partial charge in [-0.25, -0.2) is 0 Å². The fraction of sp³-hybridized carbons (Fsp3) is 0.286. The fourth-order valence-corrected chi connectivity index (χ4v) is 2.83. The quantitative estimate of drug-likeness (QED) is 0.377. The second-order valence-electron chi connectivity index (χ2n) is 6.28. The smallest absolute Gasteiger partial charge is 0.306 e. The monoisotopic (exact) mass is 418 g/mol. The normalized spacial score (nSPS) is 10.2. The van der Waals surface area contributed by atoms with Crippen molar-refractivity contribution < 1.29 is 14.3 Å². The average Bonchev–Trinajstić information content (AvgIpc) is 2.67. The number of halogens is 1. The van der Waals surface area contributed by atoms with Crippen molar-refractivity contribution >= 4 is 46.5 Å². The summed E-state index contributed by atoms with van der Waals surface area (Å²) in [6.07, 6.45) is 1.61. The number of rotatable bonds is 8. The number of anilines is 1. The van der Waals surface area contributed by atoms with Crippen LogP contribution in [-0.4, -0.2) is 23.6 Å². The Hall–Kier alpha value is -2.44. The first-order valence-corrected chi connectivity index (χ1v) is 9.79. The van der Waals surface area contributed by atoms with Crippen LogP contribution in [0.25, 0.3) is 0 Å². The molecule has 0 radical (unpaired) electrons. The van der Waals surface area contributed by atoms with Crippen molar-refractivity contribution in [1.29, 1.82) is 0 Å². The van der Waals surface area contributed by atoms with Gasteiger partial charge in [0.05, 0.1) is 13.0 Å². The minimum absolute atomic E-state index is 0.00793. The molecule has 2 N–H and O–H groups in total. The summed E-state index contributed by atoms with van der Waals surface area (Å²) in [5.41, 5.74) is 2.83. The Bertz CT molecular complexity index is 828. The lowest BCUT2D eigenvalue weighted by Crippen LogP contribution is -2.34. The number of carbonyl (C=O) groups is 2. The van der Waals surface area contributed by atoms with E-state index in [-0.39, 0.29) is 23.9 Å². The van der Waals surface area contributed by atoms with Crippen LogP contribution in [0.2, 0.25) is 5.02 Å². The van der Waals surface area contributed by atoms with E-state index in [1.165, 1.54) is 5.56 Å². The molecule has 0 saturated heterocycles. The average molecular weight is 419 g/mol. The molecule has 7 heteroatoms. The number of benzene rings is 2. The van der Waals surface area contributed by atoms with E-state index in [0.717, 1.165) is 18.4 Å². The molecule has 148 valence electrons. The van der Waals surface area contributed by atoms with Crippen LogP contribution in [0.1, 0.15) is 30.4 Å². The van der Waals surface area contributed by atoms with Gasteiger partial charge in [-0.05, 0) is 55.2 Å². The van der Waals surface area contributed by atoms with Crippen LogP contribution < -0.4 is 10.6 Å². The summed E-state index contributed by atoms with van der Waals surface area (Å²) >= 11 is 11.2. The number of thiocarbonyl (C=S) groups is 1. The minimum Gasteiger partial charge on any atom is -0.466 e. The molecule has 2 rings (SSSR count). The maximum absolute atomic E-state index is 11.9. The molecule has 0 aromatic heterocycles. The topological polar surface area (TPSA) is 67.4 Å². The molecule has 2 aromatic rings. The second kappa shape index (κ2) is 11.4. The standard InChI is InChI=1S/C21H23ClN2O3S/c1-15-9-10-17(14-18(15)22)23-21(28)24-19(25)11-12-20(26)27-13-5-8-16-6-3-2-4-7-16/h2-4,6-7,9-10,14H,5,8,11-13H2,1H3,(H2,23,24,25,28). The molecule has 0 spiro atoms. The number of hydrogen-bond donors (Lipinski definition) is 2. The third-order valence-electron chi connectivity index (χ3n) is 3.95. The molecular formula is C21H23ClN2O3S. The van der Waals surface area contributed by atoms with Gasteiger partial charge in [-0.1, -0.05) is 48.0 Å². The Labute approximate surface area is 175 Å². The molecule has 0 aliphatic rings. The van der Waals surface area contributed by atoms with Gasteiger partial charge in [-0.3, -0.25) is 9.59 Å². The molecule has 0 fully saturated rings. The molecule has 1 amide bonds.